The zero-order valence-electron chi connectivity index (χ0n) is 15.4. The van der Waals surface area contributed by atoms with Crippen molar-refractivity contribution in [3.05, 3.63) is 59.2 Å². The quantitative estimate of drug-likeness (QED) is 0.809. The van der Waals surface area contributed by atoms with Crippen molar-refractivity contribution in [1.29, 1.82) is 0 Å². The van der Waals surface area contributed by atoms with Crippen molar-refractivity contribution in [1.82, 2.24) is 0 Å². The number of amides is 1. The molecular weight excluding hydrogens is 296 g/mol. The average Bonchev–Trinajstić information content (AvgIpc) is 2.50. The van der Waals surface area contributed by atoms with Gasteiger partial charge in [-0.2, -0.15) is 0 Å². The topological polar surface area (TPSA) is 41.1 Å². The number of nitrogens with one attached hydrogen (secondary N) is 2. The summed E-state index contributed by atoms with van der Waals surface area (Å²) in [4.78, 5) is 12.1. The summed E-state index contributed by atoms with van der Waals surface area (Å²) in [7, 11) is 0. The Bertz CT molecular complexity index is 697. The fourth-order valence-electron chi connectivity index (χ4n) is 2.57. The van der Waals surface area contributed by atoms with Gasteiger partial charge < -0.3 is 10.6 Å². The Morgan fingerprint density at radius 2 is 1.67 bits per heavy atom. The molecule has 0 saturated heterocycles. The van der Waals surface area contributed by atoms with Crippen LogP contribution in [0.25, 0.3) is 0 Å². The maximum absolute atomic E-state index is 12.1. The number of carbonyl (C=O) groups is 1. The summed E-state index contributed by atoms with van der Waals surface area (Å²) in [6.45, 7) is 11.3. The SMILES string of the molecule is Cc1ccc(NC(=O)CCNc2ccc(C(C)(C)C)cc2)c(C)c1. The number of anilines is 2. The van der Waals surface area contributed by atoms with Crippen molar-refractivity contribution in [2.24, 2.45) is 0 Å². The van der Waals surface area contributed by atoms with E-state index in [1.54, 1.807) is 0 Å². The molecule has 0 spiro atoms. The monoisotopic (exact) mass is 324 g/mol. The molecule has 0 fully saturated rings. The Morgan fingerprint density at radius 3 is 2.25 bits per heavy atom. The minimum atomic E-state index is 0.0285. The van der Waals surface area contributed by atoms with Gasteiger partial charge in [-0.1, -0.05) is 50.6 Å². The minimum Gasteiger partial charge on any atom is -0.385 e. The molecule has 0 aromatic heterocycles. The summed E-state index contributed by atoms with van der Waals surface area (Å²) >= 11 is 0. The third-order valence-corrected chi connectivity index (χ3v) is 4.09. The van der Waals surface area contributed by atoms with Gasteiger partial charge in [0.2, 0.25) is 5.91 Å². The van der Waals surface area contributed by atoms with Crippen molar-refractivity contribution < 1.29 is 4.79 Å². The number of hydrogen-bond acceptors (Lipinski definition) is 2. The highest BCUT2D eigenvalue weighted by Gasteiger charge is 2.12. The number of hydrogen-bond donors (Lipinski definition) is 2. The number of aryl methyl sites for hydroxylation is 2. The van der Waals surface area contributed by atoms with Crippen molar-refractivity contribution in [2.45, 2.75) is 46.5 Å². The maximum atomic E-state index is 12.1. The summed E-state index contributed by atoms with van der Waals surface area (Å²) in [5, 5.41) is 6.28. The molecule has 2 N–H and O–H groups in total. The smallest absolute Gasteiger partial charge is 0.226 e. The second-order valence-corrected chi connectivity index (χ2v) is 7.37. The van der Waals surface area contributed by atoms with E-state index in [2.05, 4.69) is 61.7 Å². The lowest BCUT2D eigenvalue weighted by Gasteiger charge is -2.19. The third-order valence-electron chi connectivity index (χ3n) is 4.09. The van der Waals surface area contributed by atoms with Crippen LogP contribution < -0.4 is 10.6 Å². The molecular formula is C21H28N2O. The van der Waals surface area contributed by atoms with E-state index in [4.69, 9.17) is 0 Å². The second kappa shape index (κ2) is 7.52. The largest absolute Gasteiger partial charge is 0.385 e. The van der Waals surface area contributed by atoms with E-state index in [1.807, 2.05) is 26.0 Å². The van der Waals surface area contributed by atoms with Gasteiger partial charge in [-0.3, -0.25) is 4.79 Å². The van der Waals surface area contributed by atoms with Gasteiger partial charge in [0.25, 0.3) is 0 Å². The minimum absolute atomic E-state index is 0.0285. The van der Waals surface area contributed by atoms with Crippen molar-refractivity contribution in [3.8, 4) is 0 Å². The Labute approximate surface area is 145 Å². The first kappa shape index (κ1) is 18.1. The van der Waals surface area contributed by atoms with Gasteiger partial charge in [0.05, 0.1) is 0 Å². The lowest BCUT2D eigenvalue weighted by Crippen LogP contribution is -2.17. The molecule has 0 aliphatic carbocycles. The highest BCUT2D eigenvalue weighted by molar-refractivity contribution is 5.91. The highest BCUT2D eigenvalue weighted by Crippen LogP contribution is 2.23. The van der Waals surface area contributed by atoms with E-state index in [0.29, 0.717) is 13.0 Å². The van der Waals surface area contributed by atoms with E-state index in [9.17, 15) is 4.79 Å². The lowest BCUT2D eigenvalue weighted by atomic mass is 9.87. The zero-order valence-corrected chi connectivity index (χ0v) is 15.4. The van der Waals surface area contributed by atoms with Gasteiger partial charge in [-0.15, -0.1) is 0 Å². The van der Waals surface area contributed by atoms with Gasteiger partial charge >= 0.3 is 0 Å². The molecule has 0 radical (unpaired) electrons. The molecule has 24 heavy (non-hydrogen) atoms. The van der Waals surface area contributed by atoms with Crippen LogP contribution in [0.1, 0.15) is 43.9 Å². The molecule has 0 saturated carbocycles. The molecule has 0 atom stereocenters. The molecule has 0 aliphatic rings. The number of rotatable bonds is 5. The molecule has 128 valence electrons. The van der Waals surface area contributed by atoms with E-state index in [0.717, 1.165) is 16.9 Å². The maximum Gasteiger partial charge on any atom is 0.226 e. The zero-order chi connectivity index (χ0) is 17.7. The average molecular weight is 324 g/mol. The fraction of sp³-hybridized carbons (Fsp3) is 0.381. The molecule has 2 aromatic rings. The standard InChI is InChI=1S/C21H28N2O/c1-15-6-11-19(16(2)14-15)23-20(24)12-13-22-18-9-7-17(8-10-18)21(3,4)5/h6-11,14,22H,12-13H2,1-5H3,(H,23,24). The summed E-state index contributed by atoms with van der Waals surface area (Å²) in [5.74, 6) is 0.0285. The molecule has 3 nitrogen and oxygen atoms in total. The second-order valence-electron chi connectivity index (χ2n) is 7.37. The first-order valence-corrected chi connectivity index (χ1v) is 8.47. The van der Waals surface area contributed by atoms with E-state index >= 15 is 0 Å². The molecule has 2 aromatic carbocycles. The molecule has 1 amide bonds. The summed E-state index contributed by atoms with van der Waals surface area (Å²) < 4.78 is 0. The normalized spacial score (nSPS) is 11.2. The van der Waals surface area contributed by atoms with E-state index in [1.165, 1.54) is 11.1 Å². The van der Waals surface area contributed by atoms with Gasteiger partial charge in [-0.05, 0) is 48.6 Å². The van der Waals surface area contributed by atoms with Crippen LogP contribution in [0, 0.1) is 13.8 Å². The molecule has 0 aliphatic heterocycles. The van der Waals surface area contributed by atoms with Crippen LogP contribution in [-0.4, -0.2) is 12.5 Å². The van der Waals surface area contributed by atoms with Crippen LogP contribution in [0.3, 0.4) is 0 Å². The summed E-state index contributed by atoms with van der Waals surface area (Å²) in [6.07, 6.45) is 0.439. The van der Waals surface area contributed by atoms with Crippen LogP contribution in [0.4, 0.5) is 11.4 Å². The van der Waals surface area contributed by atoms with Crippen LogP contribution >= 0.6 is 0 Å². The highest BCUT2D eigenvalue weighted by atomic mass is 16.1. The molecule has 2 rings (SSSR count). The van der Waals surface area contributed by atoms with Crippen molar-refractivity contribution in [3.63, 3.8) is 0 Å². The Morgan fingerprint density at radius 1 is 1.00 bits per heavy atom. The number of carbonyl (C=O) groups excluding carboxylic acids is 1. The molecule has 0 unspecified atom stereocenters. The molecule has 0 bridgehead atoms. The first-order valence-electron chi connectivity index (χ1n) is 8.47. The van der Waals surface area contributed by atoms with Crippen molar-refractivity contribution in [2.75, 3.05) is 17.2 Å². The van der Waals surface area contributed by atoms with Gasteiger partial charge in [-0.25, -0.2) is 0 Å². The van der Waals surface area contributed by atoms with Crippen LogP contribution in [0.2, 0.25) is 0 Å². The third kappa shape index (κ3) is 5.12. The lowest BCUT2D eigenvalue weighted by molar-refractivity contribution is -0.115. The van der Waals surface area contributed by atoms with Gasteiger partial charge in [0.15, 0.2) is 0 Å². The van der Waals surface area contributed by atoms with Crippen LogP contribution in [0.5, 0.6) is 0 Å². The van der Waals surface area contributed by atoms with Crippen LogP contribution in [0.15, 0.2) is 42.5 Å². The van der Waals surface area contributed by atoms with Crippen molar-refractivity contribution >= 4 is 17.3 Å². The van der Waals surface area contributed by atoms with E-state index in [-0.39, 0.29) is 11.3 Å². The molecule has 0 heterocycles. The molecule has 3 heteroatoms. The summed E-state index contributed by atoms with van der Waals surface area (Å²) in [5.41, 5.74) is 5.69. The predicted molar refractivity (Wildman–Crippen MR) is 103 cm³/mol. The van der Waals surface area contributed by atoms with Gasteiger partial charge in [0, 0.05) is 24.3 Å². The van der Waals surface area contributed by atoms with Crippen LogP contribution in [-0.2, 0) is 10.2 Å². The summed E-state index contributed by atoms with van der Waals surface area (Å²) in [6, 6.07) is 14.5. The first-order chi connectivity index (χ1) is 11.3. The predicted octanol–water partition coefficient (Wildman–Crippen LogP) is 5.04. The Kier molecular flexibility index (Phi) is 5.66. The van der Waals surface area contributed by atoms with Gasteiger partial charge in [0.1, 0.15) is 0 Å². The number of benzene rings is 2. The Hall–Kier alpha value is -2.29. The Balaban J connectivity index is 1.82. The van der Waals surface area contributed by atoms with E-state index < -0.39 is 0 Å². The fourth-order valence-corrected chi connectivity index (χ4v) is 2.57.